The molecule has 30 heavy (non-hydrogen) atoms. The summed E-state index contributed by atoms with van der Waals surface area (Å²) in [6.45, 7) is -3.50. The Bertz CT molecular complexity index is 757. The predicted octanol–water partition coefficient (Wildman–Crippen LogP) is -2.43. The number of urea groups is 2. The van der Waals surface area contributed by atoms with Crippen molar-refractivity contribution < 1.29 is 49.4 Å². The monoisotopic (exact) mass is 430 g/mol. The van der Waals surface area contributed by atoms with Crippen molar-refractivity contribution in [3.05, 3.63) is 29.8 Å². The molecule has 1 aliphatic heterocycles. The highest BCUT2D eigenvalue weighted by molar-refractivity contribution is 6.05. The molecule has 0 saturated carbocycles. The van der Waals surface area contributed by atoms with Crippen molar-refractivity contribution in [3.8, 4) is 5.75 Å². The van der Waals surface area contributed by atoms with E-state index in [9.17, 15) is 19.2 Å². The largest absolute Gasteiger partial charge is 0.508 e. The Morgan fingerprint density at radius 2 is 1.70 bits per heavy atom. The summed E-state index contributed by atoms with van der Waals surface area (Å²) in [5.74, 6) is -1.24. The van der Waals surface area contributed by atoms with Crippen LogP contribution in [0.4, 0.5) is 9.59 Å². The van der Waals surface area contributed by atoms with Gasteiger partial charge in [0.1, 0.15) is 32.7 Å². The van der Waals surface area contributed by atoms with Crippen LogP contribution in [-0.4, -0.2) is 104 Å². The molecule has 14 heteroatoms. The number of aromatic hydroxyl groups is 1. The van der Waals surface area contributed by atoms with Gasteiger partial charge in [-0.1, -0.05) is 0 Å². The lowest BCUT2D eigenvalue weighted by molar-refractivity contribution is -0.136. The summed E-state index contributed by atoms with van der Waals surface area (Å²) in [5, 5.41) is 46.4. The number of carbonyl (C=O) groups is 4. The zero-order chi connectivity index (χ0) is 22.8. The molecule has 1 aromatic carbocycles. The number of aliphatic hydroxyl groups excluding tert-OH is 4. The van der Waals surface area contributed by atoms with Gasteiger partial charge in [0.25, 0.3) is 5.91 Å². The number of phenols is 1. The third-order valence-electron chi connectivity index (χ3n) is 3.78. The Labute approximate surface area is 170 Å². The summed E-state index contributed by atoms with van der Waals surface area (Å²) in [5.41, 5.74) is 0.435. The first-order valence-corrected chi connectivity index (χ1v) is 8.24. The number of amides is 5. The summed E-state index contributed by atoms with van der Waals surface area (Å²) in [7, 11) is 1.31. The molecule has 1 fully saturated rings. The average Bonchev–Trinajstić information content (AvgIpc) is 2.98. The van der Waals surface area contributed by atoms with E-state index in [4.69, 9.17) is 25.5 Å². The van der Waals surface area contributed by atoms with Gasteiger partial charge in [-0.2, -0.15) is 0 Å². The number of hydrogen-bond donors (Lipinski definition) is 6. The minimum absolute atomic E-state index is 0.137. The molecule has 1 atom stereocenters. The third kappa shape index (κ3) is 5.54. The highest BCUT2D eigenvalue weighted by atomic mass is 16.5. The molecule has 2 rings (SSSR count). The van der Waals surface area contributed by atoms with Crippen molar-refractivity contribution in [1.82, 2.24) is 20.0 Å². The number of benzene rings is 1. The number of imide groups is 1. The maximum atomic E-state index is 11.8. The quantitative estimate of drug-likeness (QED) is 0.160. The van der Waals surface area contributed by atoms with Crippen LogP contribution < -0.4 is 5.32 Å². The van der Waals surface area contributed by atoms with E-state index >= 15 is 0 Å². The van der Waals surface area contributed by atoms with Gasteiger partial charge in [0, 0.05) is 0 Å². The maximum Gasteiger partial charge on any atom is 0.337 e. The number of ether oxygens (including phenoxy) is 1. The Morgan fingerprint density at radius 3 is 2.13 bits per heavy atom. The highest BCUT2D eigenvalue weighted by Gasteiger charge is 2.49. The van der Waals surface area contributed by atoms with Gasteiger partial charge >= 0.3 is 18.0 Å². The van der Waals surface area contributed by atoms with Crippen LogP contribution in [0.15, 0.2) is 24.3 Å². The molecule has 6 N–H and O–H groups in total. The minimum Gasteiger partial charge on any atom is -0.508 e. The number of methoxy groups -OCH3 is 1. The fourth-order valence-electron chi connectivity index (χ4n) is 2.33. The average molecular weight is 430 g/mol. The van der Waals surface area contributed by atoms with Gasteiger partial charge in [-0.05, 0) is 24.3 Å². The molecule has 1 heterocycles. The molecule has 0 spiro atoms. The van der Waals surface area contributed by atoms with E-state index in [1.165, 1.54) is 31.4 Å². The van der Waals surface area contributed by atoms with Crippen LogP contribution in [0, 0.1) is 0 Å². The number of esters is 1. The van der Waals surface area contributed by atoms with Crippen molar-refractivity contribution in [1.29, 1.82) is 0 Å². The zero-order valence-corrected chi connectivity index (χ0v) is 15.8. The van der Waals surface area contributed by atoms with E-state index in [1.54, 1.807) is 0 Å². The lowest BCUT2D eigenvalue weighted by Gasteiger charge is -2.29. The van der Waals surface area contributed by atoms with E-state index in [2.05, 4.69) is 4.74 Å². The van der Waals surface area contributed by atoms with E-state index in [0.29, 0.717) is 20.3 Å². The predicted molar refractivity (Wildman–Crippen MR) is 96.0 cm³/mol. The second kappa shape index (κ2) is 11.5. The molecule has 1 saturated heterocycles. The summed E-state index contributed by atoms with van der Waals surface area (Å²) in [6.07, 6.45) is -1.60. The molecule has 0 bridgehead atoms. The van der Waals surface area contributed by atoms with Crippen molar-refractivity contribution in [2.75, 3.05) is 34.0 Å². The second-order valence-corrected chi connectivity index (χ2v) is 5.46. The molecule has 14 nitrogen and oxygen atoms in total. The Balaban J connectivity index is 0.000000346. The minimum atomic E-state index is -1.60. The van der Waals surface area contributed by atoms with Gasteiger partial charge in [-0.15, -0.1) is 0 Å². The third-order valence-corrected chi connectivity index (χ3v) is 3.78. The molecule has 0 radical (unpaired) electrons. The van der Waals surface area contributed by atoms with Gasteiger partial charge in [0.15, 0.2) is 6.17 Å². The Hall–Kier alpha value is -3.46. The molecular formula is C16H22N4O10. The zero-order valence-electron chi connectivity index (χ0n) is 15.8. The van der Waals surface area contributed by atoms with Gasteiger partial charge in [0.05, 0.1) is 12.7 Å². The van der Waals surface area contributed by atoms with Crippen LogP contribution >= 0.6 is 0 Å². The van der Waals surface area contributed by atoms with Crippen molar-refractivity contribution >= 4 is 23.9 Å². The first-order valence-electron chi connectivity index (χ1n) is 8.24. The van der Waals surface area contributed by atoms with Crippen LogP contribution in [0.3, 0.4) is 0 Å². The number of nitrogens with zero attached hydrogens (tertiary/aromatic N) is 3. The number of carbonyl (C=O) groups excluding carboxylic acids is 4. The van der Waals surface area contributed by atoms with E-state index in [1.807, 2.05) is 5.32 Å². The van der Waals surface area contributed by atoms with Crippen molar-refractivity contribution in [2.45, 2.75) is 6.17 Å². The molecule has 1 aliphatic rings. The smallest absolute Gasteiger partial charge is 0.337 e. The molecule has 0 aliphatic carbocycles. The first kappa shape index (κ1) is 24.6. The van der Waals surface area contributed by atoms with E-state index in [-0.39, 0.29) is 5.75 Å². The number of phenolic OH excluding ortho intramolecular Hbond substituents is 1. The fraction of sp³-hybridized carbons (Fsp3) is 0.375. The van der Waals surface area contributed by atoms with Gasteiger partial charge in [-0.25, -0.2) is 19.3 Å². The number of rotatable bonds is 6. The standard InChI is InChI=1S/C8H14N4O7.C8H8O3/c13-1-9-7(18)10(2-14)5-6(17)12(4-16)8(19)11(5)3-15;1-11-8(10)6-2-4-7(9)5-3-6/h5,13-16H,1-4H2,(H,9,18);2-5,9H,1H3. The number of hydrogen-bond acceptors (Lipinski definition) is 10. The van der Waals surface area contributed by atoms with Gasteiger partial charge in [-0.3, -0.25) is 14.6 Å². The summed E-state index contributed by atoms with van der Waals surface area (Å²) >= 11 is 0. The topological polar surface area (TPSA) is 200 Å². The summed E-state index contributed by atoms with van der Waals surface area (Å²) < 4.78 is 4.46. The Morgan fingerprint density at radius 1 is 1.10 bits per heavy atom. The lowest BCUT2D eigenvalue weighted by Crippen LogP contribution is -2.55. The first-order chi connectivity index (χ1) is 14.3. The molecule has 1 aromatic rings. The molecule has 1 unspecified atom stereocenters. The Kier molecular flexibility index (Phi) is 9.44. The molecule has 5 amide bonds. The highest BCUT2D eigenvalue weighted by Crippen LogP contribution is 2.19. The van der Waals surface area contributed by atoms with Crippen LogP contribution in [-0.2, 0) is 9.53 Å². The number of nitrogens with one attached hydrogen (secondary N) is 1. The number of aliphatic hydroxyl groups is 4. The van der Waals surface area contributed by atoms with Gasteiger partial charge in [0.2, 0.25) is 0 Å². The molecule has 166 valence electrons. The normalized spacial score (nSPS) is 15.4. The van der Waals surface area contributed by atoms with Crippen LogP contribution in [0.5, 0.6) is 5.75 Å². The fourth-order valence-corrected chi connectivity index (χ4v) is 2.33. The van der Waals surface area contributed by atoms with Crippen LogP contribution in [0.2, 0.25) is 0 Å². The summed E-state index contributed by atoms with van der Waals surface area (Å²) in [6, 6.07) is 3.85. The SMILES string of the molecule is COC(=O)c1ccc(O)cc1.O=C1C(N(CO)C(=O)NCO)N(CO)C(=O)N1CO. The van der Waals surface area contributed by atoms with E-state index < -0.39 is 57.0 Å². The summed E-state index contributed by atoms with van der Waals surface area (Å²) in [4.78, 5) is 47.3. The van der Waals surface area contributed by atoms with Gasteiger partial charge < -0.3 is 35.6 Å². The second-order valence-electron chi connectivity index (χ2n) is 5.46. The van der Waals surface area contributed by atoms with Crippen molar-refractivity contribution in [3.63, 3.8) is 0 Å². The van der Waals surface area contributed by atoms with E-state index in [0.717, 1.165) is 0 Å². The van der Waals surface area contributed by atoms with Crippen molar-refractivity contribution in [2.24, 2.45) is 0 Å². The van der Waals surface area contributed by atoms with Crippen LogP contribution in [0.25, 0.3) is 0 Å². The maximum absolute atomic E-state index is 11.8. The lowest BCUT2D eigenvalue weighted by atomic mass is 10.2. The molecular weight excluding hydrogens is 408 g/mol. The molecule has 0 aromatic heterocycles. The van der Waals surface area contributed by atoms with Crippen LogP contribution in [0.1, 0.15) is 10.4 Å².